The van der Waals surface area contributed by atoms with Crippen molar-refractivity contribution in [2.75, 3.05) is 5.32 Å². The molecule has 1 aliphatic carbocycles. The van der Waals surface area contributed by atoms with Crippen molar-refractivity contribution in [1.29, 1.82) is 0 Å². The van der Waals surface area contributed by atoms with Gasteiger partial charge in [0.2, 0.25) is 0 Å². The Bertz CT molecular complexity index is 450. The SMILES string of the molecule is CC(C)C1CC(Nc2cc(Cl)cc(C(F)(F)F)c2)C1. The summed E-state index contributed by atoms with van der Waals surface area (Å²) in [5.41, 5.74) is -0.255. The van der Waals surface area contributed by atoms with Crippen molar-refractivity contribution in [2.45, 2.75) is 38.9 Å². The first-order chi connectivity index (χ1) is 8.75. The first kappa shape index (κ1) is 14.5. The maximum atomic E-state index is 12.7. The lowest BCUT2D eigenvalue weighted by Crippen LogP contribution is -2.37. The first-order valence-corrected chi connectivity index (χ1v) is 6.78. The van der Waals surface area contributed by atoms with Gasteiger partial charge >= 0.3 is 6.18 Å². The van der Waals surface area contributed by atoms with Gasteiger partial charge in [0.1, 0.15) is 0 Å². The topological polar surface area (TPSA) is 12.0 Å². The second-order valence-corrected chi connectivity index (χ2v) is 5.98. The van der Waals surface area contributed by atoms with E-state index in [4.69, 9.17) is 11.6 Å². The standard InChI is InChI=1S/C14H17ClF3N/c1-8(2)9-3-12(4-9)19-13-6-10(14(16,17)18)5-11(15)7-13/h5-9,12,19H,3-4H2,1-2H3. The molecule has 1 fully saturated rings. The van der Waals surface area contributed by atoms with Crippen LogP contribution in [0.3, 0.4) is 0 Å². The number of alkyl halides is 3. The van der Waals surface area contributed by atoms with Gasteiger partial charge in [-0.05, 0) is 42.9 Å². The van der Waals surface area contributed by atoms with Crippen molar-refractivity contribution in [3.05, 3.63) is 28.8 Å². The van der Waals surface area contributed by atoms with Crippen molar-refractivity contribution < 1.29 is 13.2 Å². The van der Waals surface area contributed by atoms with E-state index in [1.807, 2.05) is 0 Å². The molecule has 19 heavy (non-hydrogen) atoms. The molecular formula is C14H17ClF3N. The Kier molecular flexibility index (Phi) is 4.00. The predicted molar refractivity (Wildman–Crippen MR) is 71.4 cm³/mol. The molecule has 5 heteroatoms. The zero-order chi connectivity index (χ0) is 14.2. The van der Waals surface area contributed by atoms with E-state index < -0.39 is 11.7 Å². The van der Waals surface area contributed by atoms with Crippen LogP contribution < -0.4 is 5.32 Å². The van der Waals surface area contributed by atoms with Crippen LogP contribution in [0.15, 0.2) is 18.2 Å². The van der Waals surface area contributed by atoms with Crippen molar-refractivity contribution in [2.24, 2.45) is 11.8 Å². The highest BCUT2D eigenvalue weighted by molar-refractivity contribution is 6.30. The summed E-state index contributed by atoms with van der Waals surface area (Å²) in [6, 6.07) is 3.87. The lowest BCUT2D eigenvalue weighted by molar-refractivity contribution is -0.137. The zero-order valence-electron chi connectivity index (χ0n) is 10.9. The van der Waals surface area contributed by atoms with E-state index in [0.717, 1.165) is 25.0 Å². The largest absolute Gasteiger partial charge is 0.416 e. The minimum atomic E-state index is -4.36. The number of rotatable bonds is 3. The number of hydrogen-bond donors (Lipinski definition) is 1. The monoisotopic (exact) mass is 291 g/mol. The molecule has 1 aromatic carbocycles. The van der Waals surface area contributed by atoms with Crippen LogP contribution in [-0.2, 0) is 6.18 Å². The smallest absolute Gasteiger partial charge is 0.382 e. The molecule has 2 rings (SSSR count). The summed E-state index contributed by atoms with van der Waals surface area (Å²) in [4.78, 5) is 0. The Morgan fingerprint density at radius 3 is 2.37 bits per heavy atom. The maximum Gasteiger partial charge on any atom is 0.416 e. The molecule has 1 N–H and O–H groups in total. The van der Waals surface area contributed by atoms with E-state index in [9.17, 15) is 13.2 Å². The normalized spacial score (nSPS) is 23.3. The van der Waals surface area contributed by atoms with E-state index in [1.54, 1.807) is 6.07 Å². The van der Waals surface area contributed by atoms with Gasteiger partial charge in [-0.25, -0.2) is 0 Å². The first-order valence-electron chi connectivity index (χ1n) is 6.40. The number of benzene rings is 1. The van der Waals surface area contributed by atoms with E-state index in [0.29, 0.717) is 17.5 Å². The van der Waals surface area contributed by atoms with E-state index in [2.05, 4.69) is 19.2 Å². The van der Waals surface area contributed by atoms with E-state index >= 15 is 0 Å². The molecule has 0 aromatic heterocycles. The second kappa shape index (κ2) is 5.23. The Morgan fingerprint density at radius 2 is 1.84 bits per heavy atom. The maximum absolute atomic E-state index is 12.7. The van der Waals surface area contributed by atoms with Gasteiger partial charge in [0.05, 0.1) is 5.56 Å². The molecule has 0 radical (unpaired) electrons. The highest BCUT2D eigenvalue weighted by atomic mass is 35.5. The van der Waals surface area contributed by atoms with Gasteiger partial charge in [-0.1, -0.05) is 25.4 Å². The Morgan fingerprint density at radius 1 is 1.21 bits per heavy atom. The minimum absolute atomic E-state index is 0.108. The number of hydrogen-bond acceptors (Lipinski definition) is 1. The van der Waals surface area contributed by atoms with Crippen molar-refractivity contribution in [3.63, 3.8) is 0 Å². The summed E-state index contributed by atoms with van der Waals surface area (Å²) < 4.78 is 38.0. The third-order valence-electron chi connectivity index (χ3n) is 3.71. The quantitative estimate of drug-likeness (QED) is 0.806. The number of halogens is 4. The molecule has 106 valence electrons. The van der Waals surface area contributed by atoms with Gasteiger partial charge in [-0.3, -0.25) is 0 Å². The van der Waals surface area contributed by atoms with Crippen LogP contribution in [0, 0.1) is 11.8 Å². The van der Waals surface area contributed by atoms with Crippen LogP contribution >= 0.6 is 11.6 Å². The van der Waals surface area contributed by atoms with Crippen LogP contribution in [-0.4, -0.2) is 6.04 Å². The third kappa shape index (κ3) is 3.56. The Labute approximate surface area is 116 Å². The molecule has 1 nitrogen and oxygen atoms in total. The number of anilines is 1. The fourth-order valence-electron chi connectivity index (χ4n) is 2.40. The average molecular weight is 292 g/mol. The summed E-state index contributed by atoms with van der Waals surface area (Å²) in [6.07, 6.45) is -2.35. The molecule has 0 spiro atoms. The average Bonchev–Trinajstić information content (AvgIpc) is 2.20. The van der Waals surface area contributed by atoms with Crippen molar-refractivity contribution in [3.8, 4) is 0 Å². The molecule has 0 atom stereocenters. The summed E-state index contributed by atoms with van der Waals surface area (Å²) in [6.45, 7) is 4.34. The highest BCUT2D eigenvalue weighted by Gasteiger charge is 2.33. The van der Waals surface area contributed by atoms with Gasteiger partial charge in [0.15, 0.2) is 0 Å². The zero-order valence-corrected chi connectivity index (χ0v) is 11.6. The van der Waals surface area contributed by atoms with Crippen molar-refractivity contribution >= 4 is 17.3 Å². The molecule has 1 aromatic rings. The fourth-order valence-corrected chi connectivity index (χ4v) is 2.63. The van der Waals surface area contributed by atoms with Crippen LogP contribution in [0.1, 0.15) is 32.3 Å². The third-order valence-corrected chi connectivity index (χ3v) is 3.93. The van der Waals surface area contributed by atoms with Crippen molar-refractivity contribution in [1.82, 2.24) is 0 Å². The lowest BCUT2D eigenvalue weighted by atomic mass is 9.73. The highest BCUT2D eigenvalue weighted by Crippen LogP contribution is 2.37. The molecule has 0 heterocycles. The second-order valence-electron chi connectivity index (χ2n) is 5.54. The number of nitrogens with one attached hydrogen (secondary N) is 1. The van der Waals surface area contributed by atoms with Gasteiger partial charge in [0.25, 0.3) is 0 Å². The molecule has 0 saturated heterocycles. The van der Waals surface area contributed by atoms with E-state index in [-0.39, 0.29) is 11.1 Å². The van der Waals surface area contributed by atoms with Crippen LogP contribution in [0.2, 0.25) is 5.02 Å². The summed E-state index contributed by atoms with van der Waals surface area (Å²) >= 11 is 5.74. The predicted octanol–water partition coefficient (Wildman–Crippen LogP) is 5.21. The molecule has 0 bridgehead atoms. The van der Waals surface area contributed by atoms with Crippen LogP contribution in [0.4, 0.5) is 18.9 Å². The molecular weight excluding hydrogens is 275 g/mol. The molecule has 1 aliphatic rings. The van der Waals surface area contributed by atoms with Crippen LogP contribution in [0.5, 0.6) is 0 Å². The summed E-state index contributed by atoms with van der Waals surface area (Å²) in [5.74, 6) is 1.29. The molecule has 0 unspecified atom stereocenters. The molecule has 0 aliphatic heterocycles. The van der Waals surface area contributed by atoms with Gasteiger partial charge in [0, 0.05) is 16.8 Å². The minimum Gasteiger partial charge on any atom is -0.382 e. The van der Waals surface area contributed by atoms with Gasteiger partial charge < -0.3 is 5.32 Å². The summed E-state index contributed by atoms with van der Waals surface area (Å²) in [5, 5.41) is 3.24. The molecule has 1 saturated carbocycles. The Hall–Kier alpha value is -0.900. The fraction of sp³-hybridized carbons (Fsp3) is 0.571. The van der Waals surface area contributed by atoms with Gasteiger partial charge in [-0.15, -0.1) is 0 Å². The lowest BCUT2D eigenvalue weighted by Gasteiger charge is -2.39. The van der Waals surface area contributed by atoms with E-state index in [1.165, 1.54) is 0 Å². The molecule has 0 amide bonds. The Balaban J connectivity index is 2.04. The van der Waals surface area contributed by atoms with Gasteiger partial charge in [-0.2, -0.15) is 13.2 Å². The van der Waals surface area contributed by atoms with Crippen LogP contribution in [0.25, 0.3) is 0 Å². The summed E-state index contributed by atoms with van der Waals surface area (Å²) in [7, 11) is 0.